The molecule has 132 valence electrons. The minimum absolute atomic E-state index is 0.119. The molecule has 0 heterocycles. The predicted molar refractivity (Wildman–Crippen MR) is 111 cm³/mol. The van der Waals surface area contributed by atoms with Crippen molar-refractivity contribution in [3.05, 3.63) is 91.0 Å². The summed E-state index contributed by atoms with van der Waals surface area (Å²) >= 11 is 0. The molecule has 0 aliphatic carbocycles. The Bertz CT molecular complexity index is 733. The summed E-state index contributed by atoms with van der Waals surface area (Å²) in [6.07, 6.45) is 0.246. The van der Waals surface area contributed by atoms with E-state index in [1.165, 1.54) is 15.9 Å². The molecule has 0 saturated heterocycles. The first kappa shape index (κ1) is 18.4. The highest BCUT2D eigenvalue weighted by Gasteiger charge is 2.47. The molecule has 3 aromatic carbocycles. The molecular weight excluding hydrogens is 339 g/mol. The van der Waals surface area contributed by atoms with Gasteiger partial charge in [0.25, 0.3) is 0 Å². The highest BCUT2D eigenvalue weighted by atomic mass is 31.2. The smallest absolute Gasteiger partial charge is 0.345 e. The minimum atomic E-state index is -2.14. The van der Waals surface area contributed by atoms with Crippen molar-refractivity contribution in [1.82, 2.24) is 0 Å². The van der Waals surface area contributed by atoms with E-state index in [0.29, 0.717) is 6.16 Å². The molecule has 3 rings (SSSR count). The average molecular weight is 363 g/mol. The molecule has 0 atom stereocenters. The Morgan fingerprint density at radius 1 is 0.731 bits per heavy atom. The molecule has 3 aromatic rings. The van der Waals surface area contributed by atoms with Crippen molar-refractivity contribution in [2.75, 3.05) is 6.16 Å². The lowest BCUT2D eigenvalue weighted by molar-refractivity contribution is -0.144. The van der Waals surface area contributed by atoms with Crippen LogP contribution in [0.1, 0.15) is 13.8 Å². The molecule has 0 aliphatic heterocycles. The molecule has 0 fully saturated rings. The summed E-state index contributed by atoms with van der Waals surface area (Å²) in [6, 6.07) is 31.1. The molecule has 0 aromatic heterocycles. The molecule has 0 N–H and O–H groups in total. The molecule has 26 heavy (non-hydrogen) atoms. The zero-order chi connectivity index (χ0) is 18.4. The first-order valence-electron chi connectivity index (χ1n) is 8.87. The van der Waals surface area contributed by atoms with E-state index in [9.17, 15) is 4.79 Å². The first-order chi connectivity index (χ1) is 12.6. The number of ether oxygens (including phenoxy) is 1. The van der Waals surface area contributed by atoms with E-state index in [2.05, 4.69) is 36.4 Å². The standard InChI is InChI=1S/C23H24O2P/c1-19(2)25-23(24)18-26(20-12-6-3-7-13-20,21-14-8-4-9-15-21)22-16-10-5-11-17-22/h3-17,19H,18H2,1-2H3/q+1. The number of hydrogen-bond acceptors (Lipinski definition) is 2. The summed E-state index contributed by atoms with van der Waals surface area (Å²) in [5.41, 5.74) is 0. The molecule has 0 unspecified atom stereocenters. The first-order valence-corrected chi connectivity index (χ1v) is 10.8. The second kappa shape index (κ2) is 8.29. The van der Waals surface area contributed by atoms with Gasteiger partial charge >= 0.3 is 5.97 Å². The fraction of sp³-hybridized carbons (Fsp3) is 0.174. The van der Waals surface area contributed by atoms with E-state index in [-0.39, 0.29) is 12.1 Å². The van der Waals surface area contributed by atoms with Crippen LogP contribution in [0.5, 0.6) is 0 Å². The Morgan fingerprint density at radius 2 is 1.08 bits per heavy atom. The predicted octanol–water partition coefficient (Wildman–Crippen LogP) is 3.93. The highest BCUT2D eigenvalue weighted by molar-refractivity contribution is 7.96. The van der Waals surface area contributed by atoms with Gasteiger partial charge in [-0.15, -0.1) is 0 Å². The van der Waals surface area contributed by atoms with Crippen LogP contribution < -0.4 is 15.9 Å². The Kier molecular flexibility index (Phi) is 5.85. The summed E-state index contributed by atoms with van der Waals surface area (Å²) in [5, 5.41) is 3.58. The quantitative estimate of drug-likeness (QED) is 0.490. The Morgan fingerprint density at radius 3 is 1.38 bits per heavy atom. The van der Waals surface area contributed by atoms with E-state index in [0.717, 1.165) is 0 Å². The van der Waals surface area contributed by atoms with Crippen molar-refractivity contribution in [3.8, 4) is 0 Å². The van der Waals surface area contributed by atoms with Gasteiger partial charge in [0.2, 0.25) is 0 Å². The number of esters is 1. The SMILES string of the molecule is CC(C)OC(=O)C[P+](c1ccccc1)(c1ccccc1)c1ccccc1. The average Bonchev–Trinajstić information content (AvgIpc) is 2.67. The largest absolute Gasteiger partial charge is 0.460 e. The van der Waals surface area contributed by atoms with Gasteiger partial charge in [-0.05, 0) is 50.2 Å². The van der Waals surface area contributed by atoms with Gasteiger partial charge in [0, 0.05) is 0 Å². The summed E-state index contributed by atoms with van der Waals surface area (Å²) in [6.45, 7) is 3.79. The zero-order valence-electron chi connectivity index (χ0n) is 15.2. The van der Waals surface area contributed by atoms with Crippen molar-refractivity contribution in [1.29, 1.82) is 0 Å². The van der Waals surface area contributed by atoms with Crippen LogP contribution in [0.2, 0.25) is 0 Å². The summed E-state index contributed by atoms with van der Waals surface area (Å²) in [4.78, 5) is 12.8. The van der Waals surface area contributed by atoms with Crippen molar-refractivity contribution >= 4 is 29.1 Å². The third-order valence-corrected chi connectivity index (χ3v) is 8.60. The molecule has 0 bridgehead atoms. The maximum absolute atomic E-state index is 12.8. The number of carbonyl (C=O) groups is 1. The molecular formula is C23H24O2P+. The second-order valence-corrected chi connectivity index (χ2v) is 10.00. The lowest BCUT2D eigenvalue weighted by Crippen LogP contribution is -2.36. The van der Waals surface area contributed by atoms with Gasteiger partial charge in [-0.1, -0.05) is 54.6 Å². The van der Waals surface area contributed by atoms with Gasteiger partial charge in [-0.2, -0.15) is 0 Å². The zero-order valence-corrected chi connectivity index (χ0v) is 16.1. The van der Waals surface area contributed by atoms with Crippen LogP contribution in [0.15, 0.2) is 91.0 Å². The van der Waals surface area contributed by atoms with E-state index in [1.807, 2.05) is 68.4 Å². The number of carbonyl (C=O) groups excluding carboxylic acids is 1. The summed E-state index contributed by atoms with van der Waals surface area (Å²) in [5.74, 6) is -0.148. The van der Waals surface area contributed by atoms with Crippen molar-refractivity contribution in [2.24, 2.45) is 0 Å². The molecule has 2 nitrogen and oxygen atoms in total. The van der Waals surface area contributed by atoms with Crippen LogP contribution in [0.25, 0.3) is 0 Å². The van der Waals surface area contributed by atoms with E-state index in [1.54, 1.807) is 0 Å². The number of benzene rings is 3. The molecule has 0 radical (unpaired) electrons. The molecule has 0 saturated carbocycles. The lowest BCUT2D eigenvalue weighted by atomic mass is 10.4. The maximum atomic E-state index is 12.8. The van der Waals surface area contributed by atoms with Gasteiger partial charge in [0.15, 0.2) is 6.16 Å². The highest BCUT2D eigenvalue weighted by Crippen LogP contribution is 2.55. The van der Waals surface area contributed by atoms with Crippen molar-refractivity contribution < 1.29 is 9.53 Å². The summed E-state index contributed by atoms with van der Waals surface area (Å²) < 4.78 is 5.56. The van der Waals surface area contributed by atoms with E-state index < -0.39 is 7.26 Å². The van der Waals surface area contributed by atoms with Gasteiger partial charge in [-0.25, -0.2) is 4.79 Å². The topological polar surface area (TPSA) is 26.3 Å². The molecule has 0 aliphatic rings. The maximum Gasteiger partial charge on any atom is 0.345 e. The Hall–Kier alpha value is -2.44. The number of hydrogen-bond donors (Lipinski definition) is 0. The minimum Gasteiger partial charge on any atom is -0.460 e. The van der Waals surface area contributed by atoms with Gasteiger partial charge in [-0.3, -0.25) is 0 Å². The Labute approximate surface area is 156 Å². The summed E-state index contributed by atoms with van der Waals surface area (Å²) in [7, 11) is -2.14. The van der Waals surface area contributed by atoms with Crippen LogP contribution in [-0.2, 0) is 9.53 Å². The Balaban J connectivity index is 2.23. The van der Waals surface area contributed by atoms with Crippen LogP contribution in [0, 0.1) is 0 Å². The third-order valence-electron chi connectivity index (χ3n) is 4.32. The normalized spacial score (nSPS) is 11.3. The second-order valence-electron chi connectivity index (χ2n) is 6.51. The van der Waals surface area contributed by atoms with Crippen LogP contribution in [-0.4, -0.2) is 18.2 Å². The fourth-order valence-corrected chi connectivity index (χ4v) is 7.21. The third kappa shape index (κ3) is 3.86. The van der Waals surface area contributed by atoms with E-state index >= 15 is 0 Å². The van der Waals surface area contributed by atoms with Crippen LogP contribution in [0.3, 0.4) is 0 Å². The van der Waals surface area contributed by atoms with Gasteiger partial charge < -0.3 is 4.74 Å². The van der Waals surface area contributed by atoms with Gasteiger partial charge in [0.1, 0.15) is 23.2 Å². The monoisotopic (exact) mass is 363 g/mol. The van der Waals surface area contributed by atoms with Crippen LogP contribution >= 0.6 is 7.26 Å². The van der Waals surface area contributed by atoms with Gasteiger partial charge in [0.05, 0.1) is 6.10 Å². The van der Waals surface area contributed by atoms with E-state index in [4.69, 9.17) is 4.74 Å². The van der Waals surface area contributed by atoms with Crippen molar-refractivity contribution in [3.63, 3.8) is 0 Å². The number of rotatable bonds is 6. The lowest BCUT2D eigenvalue weighted by Gasteiger charge is -2.27. The van der Waals surface area contributed by atoms with Crippen molar-refractivity contribution in [2.45, 2.75) is 20.0 Å². The van der Waals surface area contributed by atoms with Crippen LogP contribution in [0.4, 0.5) is 0 Å². The molecule has 0 spiro atoms. The molecule has 0 amide bonds. The molecule has 3 heteroatoms. The fourth-order valence-electron chi connectivity index (χ4n) is 3.26.